The summed E-state index contributed by atoms with van der Waals surface area (Å²) in [4.78, 5) is 8.49. The fraction of sp³-hybridized carbons (Fsp3) is 0.182. The summed E-state index contributed by atoms with van der Waals surface area (Å²) < 4.78 is 1.03. The Morgan fingerprint density at radius 1 is 1.59 bits per heavy atom. The number of hydrogen-bond donors (Lipinski definition) is 2. The van der Waals surface area contributed by atoms with Gasteiger partial charge in [0.1, 0.15) is 15.9 Å². The molecular weight excluding hydrogens is 252 g/mol. The fourth-order valence-electron chi connectivity index (χ4n) is 1.34. The quantitative estimate of drug-likeness (QED) is 0.505. The second-order valence-electron chi connectivity index (χ2n) is 3.47. The van der Waals surface area contributed by atoms with Crippen molar-refractivity contribution >= 4 is 28.9 Å². The molecule has 0 aromatic carbocycles. The van der Waals surface area contributed by atoms with Crippen LogP contribution in [-0.4, -0.2) is 15.8 Å². The van der Waals surface area contributed by atoms with Crippen molar-refractivity contribution in [2.75, 3.05) is 0 Å². The lowest BCUT2D eigenvalue weighted by Crippen LogP contribution is -2.15. The van der Waals surface area contributed by atoms with Gasteiger partial charge in [0.05, 0.1) is 0 Å². The highest BCUT2D eigenvalue weighted by Crippen LogP contribution is 2.26. The number of amidine groups is 1. The summed E-state index contributed by atoms with van der Waals surface area (Å²) in [5.74, 6) is 0.743. The van der Waals surface area contributed by atoms with E-state index in [1.54, 1.807) is 29.3 Å². The zero-order valence-electron chi connectivity index (χ0n) is 9.30. The van der Waals surface area contributed by atoms with Gasteiger partial charge in [0.15, 0.2) is 0 Å². The van der Waals surface area contributed by atoms with Gasteiger partial charge in [0, 0.05) is 23.0 Å². The van der Waals surface area contributed by atoms with Gasteiger partial charge in [-0.15, -0.1) is 11.3 Å². The first kappa shape index (κ1) is 12.1. The van der Waals surface area contributed by atoms with E-state index in [4.69, 9.17) is 11.1 Å². The molecule has 2 aromatic heterocycles. The maximum atomic E-state index is 7.46. The monoisotopic (exact) mass is 264 g/mol. The van der Waals surface area contributed by atoms with Crippen LogP contribution in [0, 0.1) is 12.3 Å². The number of rotatable bonds is 4. The van der Waals surface area contributed by atoms with Crippen molar-refractivity contribution in [3.8, 4) is 0 Å². The van der Waals surface area contributed by atoms with E-state index in [1.165, 1.54) is 0 Å². The first-order valence-electron chi connectivity index (χ1n) is 5.00. The Hall–Kier alpha value is -1.40. The van der Waals surface area contributed by atoms with Gasteiger partial charge < -0.3 is 5.73 Å². The Labute approximate surface area is 108 Å². The van der Waals surface area contributed by atoms with Gasteiger partial charge in [-0.05, 0) is 18.6 Å². The van der Waals surface area contributed by atoms with E-state index in [0.717, 1.165) is 21.3 Å². The SMILES string of the molecule is Cc1csc(SCc2cccnc2C(=N)N)n1. The molecule has 0 fully saturated rings. The highest BCUT2D eigenvalue weighted by atomic mass is 32.2. The Balaban J connectivity index is 2.11. The molecule has 0 saturated heterocycles. The molecule has 2 aromatic rings. The van der Waals surface area contributed by atoms with Crippen LogP contribution in [0.1, 0.15) is 17.0 Å². The van der Waals surface area contributed by atoms with E-state index < -0.39 is 0 Å². The van der Waals surface area contributed by atoms with E-state index in [1.807, 2.05) is 24.4 Å². The molecule has 0 unspecified atom stereocenters. The summed E-state index contributed by atoms with van der Waals surface area (Å²) in [6.07, 6.45) is 1.65. The molecular formula is C11H12N4S2. The van der Waals surface area contributed by atoms with Crippen molar-refractivity contribution in [2.24, 2.45) is 5.73 Å². The van der Waals surface area contributed by atoms with Crippen LogP contribution in [0.3, 0.4) is 0 Å². The van der Waals surface area contributed by atoms with E-state index in [-0.39, 0.29) is 5.84 Å². The first-order valence-corrected chi connectivity index (χ1v) is 6.86. The van der Waals surface area contributed by atoms with Crippen LogP contribution in [0.5, 0.6) is 0 Å². The molecule has 6 heteroatoms. The minimum Gasteiger partial charge on any atom is -0.382 e. The van der Waals surface area contributed by atoms with Crippen molar-refractivity contribution in [2.45, 2.75) is 17.0 Å². The van der Waals surface area contributed by atoms with Crippen LogP contribution >= 0.6 is 23.1 Å². The predicted molar refractivity (Wildman–Crippen MR) is 71.7 cm³/mol. The first-order chi connectivity index (χ1) is 8.16. The van der Waals surface area contributed by atoms with Crippen molar-refractivity contribution in [1.29, 1.82) is 5.41 Å². The topological polar surface area (TPSA) is 75.7 Å². The molecule has 0 atom stereocenters. The molecule has 0 saturated carbocycles. The molecule has 0 radical (unpaired) electrons. The maximum absolute atomic E-state index is 7.46. The molecule has 0 spiro atoms. The predicted octanol–water partition coefficient (Wildman–Crippen LogP) is 2.42. The third-order valence-electron chi connectivity index (χ3n) is 2.10. The summed E-state index contributed by atoms with van der Waals surface area (Å²) in [5.41, 5.74) is 8.06. The van der Waals surface area contributed by atoms with Crippen molar-refractivity contribution in [3.05, 3.63) is 40.7 Å². The van der Waals surface area contributed by atoms with Crippen molar-refractivity contribution in [3.63, 3.8) is 0 Å². The average Bonchev–Trinajstić information content (AvgIpc) is 2.73. The summed E-state index contributed by atoms with van der Waals surface area (Å²) in [5, 5.41) is 9.48. The number of nitrogens with one attached hydrogen (secondary N) is 1. The van der Waals surface area contributed by atoms with Gasteiger partial charge in [0.2, 0.25) is 0 Å². The largest absolute Gasteiger partial charge is 0.382 e. The van der Waals surface area contributed by atoms with E-state index >= 15 is 0 Å². The van der Waals surface area contributed by atoms with Crippen LogP contribution < -0.4 is 5.73 Å². The molecule has 0 bridgehead atoms. The normalized spacial score (nSPS) is 10.4. The zero-order chi connectivity index (χ0) is 12.3. The minimum absolute atomic E-state index is 0.0107. The van der Waals surface area contributed by atoms with Gasteiger partial charge in [-0.2, -0.15) is 0 Å². The summed E-state index contributed by atoms with van der Waals surface area (Å²) in [7, 11) is 0. The van der Waals surface area contributed by atoms with Gasteiger partial charge in [-0.3, -0.25) is 10.4 Å². The number of pyridine rings is 1. The summed E-state index contributed by atoms with van der Waals surface area (Å²) in [6, 6.07) is 3.80. The third-order valence-corrected chi connectivity index (χ3v) is 4.28. The Morgan fingerprint density at radius 3 is 3.06 bits per heavy atom. The van der Waals surface area contributed by atoms with Gasteiger partial charge in [-0.25, -0.2) is 4.98 Å². The highest BCUT2D eigenvalue weighted by molar-refractivity contribution is 8.00. The molecule has 0 amide bonds. The maximum Gasteiger partial charge on any atom is 0.150 e. The van der Waals surface area contributed by atoms with Crippen LogP contribution in [-0.2, 0) is 5.75 Å². The van der Waals surface area contributed by atoms with Crippen LogP contribution in [0.4, 0.5) is 0 Å². The van der Waals surface area contributed by atoms with Gasteiger partial charge >= 0.3 is 0 Å². The average molecular weight is 264 g/mol. The molecule has 2 rings (SSSR count). The van der Waals surface area contributed by atoms with Crippen LogP contribution in [0.15, 0.2) is 28.0 Å². The number of nitrogens with zero attached hydrogens (tertiary/aromatic N) is 2. The lowest BCUT2D eigenvalue weighted by atomic mass is 10.2. The summed E-state index contributed by atoms with van der Waals surface area (Å²) >= 11 is 3.27. The molecule has 0 aliphatic heterocycles. The fourth-order valence-corrected chi connectivity index (χ4v) is 3.17. The van der Waals surface area contributed by atoms with Gasteiger partial charge in [-0.1, -0.05) is 17.8 Å². The number of nitrogen functional groups attached to an aromatic ring is 1. The molecule has 2 heterocycles. The van der Waals surface area contributed by atoms with Gasteiger partial charge in [0.25, 0.3) is 0 Å². The number of thiazole rings is 1. The number of hydrogen-bond acceptors (Lipinski definition) is 5. The van der Waals surface area contributed by atoms with Crippen LogP contribution in [0.25, 0.3) is 0 Å². The Morgan fingerprint density at radius 2 is 2.41 bits per heavy atom. The van der Waals surface area contributed by atoms with E-state index in [2.05, 4.69) is 9.97 Å². The zero-order valence-corrected chi connectivity index (χ0v) is 10.9. The Bertz CT molecular complexity index is 536. The standard InChI is InChI=1S/C11H12N4S2/c1-7-5-16-11(15-7)17-6-8-3-2-4-14-9(8)10(12)13/h2-5H,6H2,1H3,(H3,12,13). The molecule has 88 valence electrons. The minimum atomic E-state index is 0.0107. The Kier molecular flexibility index (Phi) is 3.75. The van der Waals surface area contributed by atoms with Crippen molar-refractivity contribution < 1.29 is 0 Å². The third kappa shape index (κ3) is 3.04. The second-order valence-corrected chi connectivity index (χ2v) is 5.55. The van der Waals surface area contributed by atoms with E-state index in [9.17, 15) is 0 Å². The van der Waals surface area contributed by atoms with E-state index in [0.29, 0.717) is 5.69 Å². The lowest BCUT2D eigenvalue weighted by Gasteiger charge is -2.04. The highest BCUT2D eigenvalue weighted by Gasteiger charge is 2.07. The summed E-state index contributed by atoms with van der Waals surface area (Å²) in [6.45, 7) is 1.98. The molecule has 3 N–H and O–H groups in total. The number of nitrogens with two attached hydrogens (primary N) is 1. The van der Waals surface area contributed by atoms with Crippen LogP contribution in [0.2, 0.25) is 0 Å². The molecule has 0 aliphatic carbocycles. The molecule has 0 aliphatic rings. The number of aryl methyl sites for hydroxylation is 1. The second kappa shape index (κ2) is 5.29. The molecule has 4 nitrogen and oxygen atoms in total. The lowest BCUT2D eigenvalue weighted by molar-refractivity contribution is 1.15. The smallest absolute Gasteiger partial charge is 0.150 e. The number of aromatic nitrogens is 2. The van der Waals surface area contributed by atoms with Crippen molar-refractivity contribution in [1.82, 2.24) is 9.97 Å². The number of thioether (sulfide) groups is 1. The molecule has 17 heavy (non-hydrogen) atoms.